The van der Waals surface area contributed by atoms with Gasteiger partial charge in [0, 0.05) is 34.4 Å². The molecule has 2 amide bonds. The first-order chi connectivity index (χ1) is 17.9. The molecule has 190 valence electrons. The standard InChI is InChI=1S/C22H19N7O6S2/c1-34-27-15(13-9-37-22(23)25-13)18(30)26-16-19(31)29-17(21(32)33)12(8-36-20(16)29)7-28-4-2-11(3-5-28)14-6-24-10-35-14/h2-6,9-10,16,20H,7-8H2,1H3,(H3-,23,25,26,30,32,33)/p+1. The number of oxime groups is 1. The first-order valence-electron chi connectivity index (χ1n) is 10.8. The number of oxazole rings is 1. The number of aliphatic carboxylic acids is 1. The minimum atomic E-state index is -1.21. The molecule has 5 rings (SSSR count). The average Bonchev–Trinajstić information content (AvgIpc) is 3.58. The van der Waals surface area contributed by atoms with E-state index >= 15 is 0 Å². The summed E-state index contributed by atoms with van der Waals surface area (Å²) in [7, 11) is 1.28. The van der Waals surface area contributed by atoms with Crippen LogP contribution in [0.3, 0.4) is 0 Å². The lowest BCUT2D eigenvalue weighted by Gasteiger charge is -2.49. The molecule has 3 aromatic heterocycles. The summed E-state index contributed by atoms with van der Waals surface area (Å²) in [4.78, 5) is 52.0. The number of β-lactam (4-membered cyclic amide) rings is 1. The number of nitrogens with zero attached hydrogens (tertiary/aromatic N) is 5. The fourth-order valence-corrected chi connectivity index (χ4v) is 5.90. The molecule has 37 heavy (non-hydrogen) atoms. The molecule has 2 aliphatic heterocycles. The molecule has 2 unspecified atom stereocenters. The van der Waals surface area contributed by atoms with Crippen molar-refractivity contribution in [2.24, 2.45) is 5.16 Å². The van der Waals surface area contributed by atoms with Crippen LogP contribution in [0.5, 0.6) is 0 Å². The van der Waals surface area contributed by atoms with Crippen LogP contribution < -0.4 is 15.6 Å². The van der Waals surface area contributed by atoms with Crippen molar-refractivity contribution in [2.45, 2.75) is 18.0 Å². The molecule has 0 radical (unpaired) electrons. The third-order valence-corrected chi connectivity index (χ3v) is 7.69. The van der Waals surface area contributed by atoms with Gasteiger partial charge in [0.05, 0.1) is 6.20 Å². The van der Waals surface area contributed by atoms with Crippen molar-refractivity contribution in [1.29, 1.82) is 0 Å². The molecule has 0 bridgehead atoms. The van der Waals surface area contributed by atoms with Gasteiger partial charge in [-0.15, -0.1) is 23.1 Å². The van der Waals surface area contributed by atoms with Gasteiger partial charge in [-0.3, -0.25) is 14.5 Å². The summed E-state index contributed by atoms with van der Waals surface area (Å²) < 4.78 is 7.10. The van der Waals surface area contributed by atoms with E-state index in [1.165, 1.54) is 30.2 Å². The van der Waals surface area contributed by atoms with Crippen molar-refractivity contribution in [2.75, 3.05) is 18.6 Å². The molecule has 5 heterocycles. The van der Waals surface area contributed by atoms with E-state index in [4.69, 9.17) is 15.0 Å². The number of pyridine rings is 1. The predicted molar refractivity (Wildman–Crippen MR) is 132 cm³/mol. The Bertz CT molecular complexity index is 1420. The van der Waals surface area contributed by atoms with Crippen molar-refractivity contribution >= 4 is 51.7 Å². The smallest absolute Gasteiger partial charge is 0.352 e. The van der Waals surface area contributed by atoms with Gasteiger partial charge in [-0.2, -0.15) is 0 Å². The van der Waals surface area contributed by atoms with E-state index in [1.807, 2.05) is 16.7 Å². The summed E-state index contributed by atoms with van der Waals surface area (Å²) in [6.07, 6.45) is 6.54. The van der Waals surface area contributed by atoms with Crippen LogP contribution in [-0.4, -0.2) is 67.7 Å². The van der Waals surface area contributed by atoms with Gasteiger partial charge in [-0.05, 0) is 0 Å². The number of thiazole rings is 1. The molecule has 0 spiro atoms. The first-order valence-corrected chi connectivity index (χ1v) is 12.7. The molecule has 15 heteroatoms. The quantitative estimate of drug-likeness (QED) is 0.157. The second-order valence-electron chi connectivity index (χ2n) is 7.94. The molecule has 0 saturated carbocycles. The maximum Gasteiger partial charge on any atom is 0.352 e. The number of amides is 2. The Morgan fingerprint density at radius 1 is 1.41 bits per heavy atom. The number of thioether (sulfide) groups is 1. The fraction of sp³-hybridized carbons (Fsp3) is 0.227. The Morgan fingerprint density at radius 3 is 2.81 bits per heavy atom. The summed E-state index contributed by atoms with van der Waals surface area (Å²) in [6.45, 7) is 0.273. The van der Waals surface area contributed by atoms with Crippen molar-refractivity contribution in [3.63, 3.8) is 0 Å². The van der Waals surface area contributed by atoms with E-state index in [1.54, 1.807) is 24.0 Å². The van der Waals surface area contributed by atoms with E-state index in [2.05, 4.69) is 20.4 Å². The van der Waals surface area contributed by atoms with Crippen LogP contribution in [0.4, 0.5) is 5.13 Å². The van der Waals surface area contributed by atoms with E-state index < -0.39 is 29.2 Å². The third-order valence-electron chi connectivity index (χ3n) is 5.68. The van der Waals surface area contributed by atoms with Gasteiger partial charge in [0.25, 0.3) is 11.8 Å². The molecule has 13 nitrogen and oxygen atoms in total. The highest BCUT2D eigenvalue weighted by atomic mass is 32.2. The fourth-order valence-electron chi connectivity index (χ4n) is 4.01. The van der Waals surface area contributed by atoms with Crippen LogP contribution in [0.15, 0.2) is 63.3 Å². The molecular formula is C22H20N7O6S2+. The molecule has 0 aliphatic carbocycles. The normalized spacial score (nSPS) is 19.3. The summed E-state index contributed by atoms with van der Waals surface area (Å²) in [5, 5.41) is 17.5. The van der Waals surface area contributed by atoms with Gasteiger partial charge in [0.2, 0.25) is 0 Å². The Hall–Kier alpha value is -4.24. The maximum atomic E-state index is 13.0. The van der Waals surface area contributed by atoms with E-state index in [9.17, 15) is 19.5 Å². The van der Waals surface area contributed by atoms with Gasteiger partial charge in [0.1, 0.15) is 29.9 Å². The van der Waals surface area contributed by atoms with Crippen LogP contribution in [0.25, 0.3) is 11.3 Å². The average molecular weight is 543 g/mol. The van der Waals surface area contributed by atoms with Gasteiger partial charge in [-0.25, -0.2) is 19.3 Å². The lowest BCUT2D eigenvalue weighted by atomic mass is 10.0. The number of carboxylic acid groups (broad SMARTS) is 1. The first kappa shape index (κ1) is 24.5. The van der Waals surface area contributed by atoms with Gasteiger partial charge < -0.3 is 25.4 Å². The molecule has 0 aromatic carbocycles. The van der Waals surface area contributed by atoms with Crippen LogP contribution in [0.1, 0.15) is 5.69 Å². The van der Waals surface area contributed by atoms with E-state index in [-0.39, 0.29) is 28.8 Å². The number of hydrogen-bond donors (Lipinski definition) is 3. The number of aromatic nitrogens is 3. The number of nitrogens with one attached hydrogen (secondary N) is 1. The van der Waals surface area contributed by atoms with Gasteiger partial charge in [-0.1, -0.05) is 5.16 Å². The number of nitrogen functional groups attached to an aromatic ring is 1. The molecule has 1 saturated heterocycles. The second kappa shape index (κ2) is 10.0. The minimum absolute atomic E-state index is 0.0795. The summed E-state index contributed by atoms with van der Waals surface area (Å²) in [6, 6.07) is 2.73. The Kier molecular flexibility index (Phi) is 6.62. The van der Waals surface area contributed by atoms with Crippen molar-refractivity contribution < 1.29 is 33.3 Å². The Morgan fingerprint density at radius 2 is 2.19 bits per heavy atom. The number of hydrogen-bond acceptors (Lipinski definition) is 11. The summed E-state index contributed by atoms with van der Waals surface area (Å²) in [5.74, 6) is -1.44. The number of nitrogens with two attached hydrogens (primary N) is 1. The highest BCUT2D eigenvalue weighted by molar-refractivity contribution is 8.00. The zero-order valence-electron chi connectivity index (χ0n) is 19.2. The van der Waals surface area contributed by atoms with Crippen molar-refractivity contribution in [3.8, 4) is 11.3 Å². The monoisotopic (exact) mass is 542 g/mol. The largest absolute Gasteiger partial charge is 0.477 e. The van der Waals surface area contributed by atoms with Crippen LogP contribution in [-0.2, 0) is 25.8 Å². The maximum absolute atomic E-state index is 13.0. The highest BCUT2D eigenvalue weighted by Gasteiger charge is 2.54. The van der Waals surface area contributed by atoms with Gasteiger partial charge in [0.15, 0.2) is 41.9 Å². The van der Waals surface area contributed by atoms with E-state index in [0.29, 0.717) is 17.1 Å². The second-order valence-corrected chi connectivity index (χ2v) is 9.93. The SMILES string of the molecule is CON=C(C(=O)NC1C(=O)N2C(C(=O)O)=C(C[n+]3ccc(-c4cnco4)cc3)CSC12)c1csc(N)n1. The van der Waals surface area contributed by atoms with Gasteiger partial charge >= 0.3 is 5.97 Å². The number of anilines is 1. The Labute approximate surface area is 217 Å². The molecule has 3 aromatic rings. The molecule has 4 N–H and O–H groups in total. The number of carbonyl (C=O) groups excluding carboxylic acids is 2. The number of fused-ring (bicyclic) bond motifs is 1. The van der Waals surface area contributed by atoms with Crippen LogP contribution >= 0.6 is 23.1 Å². The molecule has 2 atom stereocenters. The lowest BCUT2D eigenvalue weighted by Crippen LogP contribution is -2.71. The predicted octanol–water partition coefficient (Wildman–Crippen LogP) is 0.457. The molecule has 2 aliphatic rings. The topological polar surface area (TPSA) is 177 Å². The summed E-state index contributed by atoms with van der Waals surface area (Å²) in [5.41, 5.74) is 7.04. The molecule has 1 fully saturated rings. The zero-order chi connectivity index (χ0) is 26.1. The third kappa shape index (κ3) is 4.65. The minimum Gasteiger partial charge on any atom is -0.477 e. The van der Waals surface area contributed by atoms with E-state index in [0.717, 1.165) is 16.9 Å². The lowest BCUT2D eigenvalue weighted by molar-refractivity contribution is -0.689. The Balaban J connectivity index is 1.32. The van der Waals surface area contributed by atoms with Crippen molar-refractivity contribution in [3.05, 3.63) is 59.5 Å². The van der Waals surface area contributed by atoms with Crippen LogP contribution in [0, 0.1) is 0 Å². The highest BCUT2D eigenvalue weighted by Crippen LogP contribution is 2.40. The molecular weight excluding hydrogens is 522 g/mol. The zero-order valence-corrected chi connectivity index (χ0v) is 20.9. The number of rotatable bonds is 8. The number of carbonyl (C=O) groups is 3. The summed E-state index contributed by atoms with van der Waals surface area (Å²) >= 11 is 2.50. The van der Waals surface area contributed by atoms with Crippen molar-refractivity contribution in [1.82, 2.24) is 20.2 Å². The number of carboxylic acids is 1. The van der Waals surface area contributed by atoms with Crippen LogP contribution in [0.2, 0.25) is 0 Å².